The van der Waals surface area contributed by atoms with Gasteiger partial charge in [-0.2, -0.15) is 5.10 Å². The van der Waals surface area contributed by atoms with Crippen LogP contribution < -0.4 is 15.4 Å². The Hall–Kier alpha value is -3.61. The second-order valence-electron chi connectivity index (χ2n) is 9.58. The third-order valence-corrected chi connectivity index (χ3v) is 7.21. The molecule has 7 nitrogen and oxygen atoms in total. The first-order valence-corrected chi connectivity index (χ1v) is 12.5. The predicted octanol–water partition coefficient (Wildman–Crippen LogP) is 3.17. The molecule has 2 saturated heterocycles. The first kappa shape index (κ1) is 23.1. The molecule has 2 fully saturated rings. The van der Waals surface area contributed by atoms with Crippen LogP contribution in [0.5, 0.6) is 0 Å². The molecule has 0 N–H and O–H groups in total. The van der Waals surface area contributed by atoms with Gasteiger partial charge < -0.3 is 14.7 Å². The van der Waals surface area contributed by atoms with E-state index in [1.54, 1.807) is 12.3 Å². The summed E-state index contributed by atoms with van der Waals surface area (Å²) in [5.41, 5.74) is 4.27. The smallest absolute Gasteiger partial charge is 0.269 e. The van der Waals surface area contributed by atoms with Crippen molar-refractivity contribution in [3.05, 3.63) is 88.3 Å². The molecule has 182 valence electrons. The van der Waals surface area contributed by atoms with Crippen LogP contribution >= 0.6 is 0 Å². The molecular weight excluding hydrogens is 438 g/mol. The Morgan fingerprint density at radius 2 is 1.69 bits per heavy atom. The molecule has 0 saturated carbocycles. The van der Waals surface area contributed by atoms with Gasteiger partial charge in [-0.15, -0.1) is 0 Å². The lowest BCUT2D eigenvalue weighted by Gasteiger charge is -2.40. The molecule has 3 aromatic rings. The fraction of sp³-hybridized carbons (Fsp3) is 0.393. The van der Waals surface area contributed by atoms with Gasteiger partial charge in [-0.25, -0.2) is 4.68 Å². The highest BCUT2D eigenvalue weighted by atomic mass is 16.2. The number of nitrogens with zero attached hydrogens (tertiary/aromatic N) is 5. The Labute approximate surface area is 206 Å². The number of carbonyl (C=O) groups excluding carboxylic acids is 1. The van der Waals surface area contributed by atoms with Crippen LogP contribution in [-0.2, 0) is 11.3 Å². The van der Waals surface area contributed by atoms with Crippen molar-refractivity contribution in [1.29, 1.82) is 0 Å². The van der Waals surface area contributed by atoms with Crippen molar-refractivity contribution in [1.82, 2.24) is 14.7 Å². The minimum absolute atomic E-state index is 0.0412. The van der Waals surface area contributed by atoms with Crippen molar-refractivity contribution >= 4 is 17.3 Å². The minimum Gasteiger partial charge on any atom is -0.369 e. The lowest BCUT2D eigenvalue weighted by molar-refractivity contribution is -0.136. The minimum atomic E-state index is -0.118. The molecule has 0 aliphatic carbocycles. The Balaban J connectivity index is 1.20. The number of carbonyl (C=O) groups is 1. The van der Waals surface area contributed by atoms with Gasteiger partial charge in [-0.1, -0.05) is 48.5 Å². The number of para-hydroxylation sites is 1. The number of aryl methyl sites for hydroxylation is 1. The highest BCUT2D eigenvalue weighted by Crippen LogP contribution is 2.25. The van der Waals surface area contributed by atoms with Crippen LogP contribution in [0.3, 0.4) is 0 Å². The van der Waals surface area contributed by atoms with Gasteiger partial charge in [-0.05, 0) is 37.0 Å². The number of rotatable bonds is 5. The molecular formula is C28H33N5O2. The number of anilines is 2. The van der Waals surface area contributed by atoms with Gasteiger partial charge in [0.15, 0.2) is 0 Å². The maximum Gasteiger partial charge on any atom is 0.269 e. The number of hydrogen-bond acceptors (Lipinski definition) is 5. The summed E-state index contributed by atoms with van der Waals surface area (Å²) in [5.74, 6) is 0.199. The summed E-state index contributed by atoms with van der Waals surface area (Å²) in [6.07, 6.45) is 3.59. The standard InChI is InChI=1S/C28H33N5O2/c1-22-8-5-6-12-26(22)30-14-16-31(17-15-30)28(35)24-11-7-13-32(21-24)25-18-27(34)33(29-19-25)20-23-9-3-2-4-10-23/h2-6,8-10,12,18-19,24H,7,11,13-17,20-21H2,1H3/t24-/m1/s1. The number of hydrogen-bond donors (Lipinski definition) is 0. The molecule has 2 aromatic carbocycles. The van der Waals surface area contributed by atoms with Crippen LogP contribution in [0, 0.1) is 12.8 Å². The van der Waals surface area contributed by atoms with E-state index in [1.165, 1.54) is 15.9 Å². The maximum atomic E-state index is 13.4. The van der Waals surface area contributed by atoms with E-state index >= 15 is 0 Å². The number of benzene rings is 2. The third-order valence-electron chi connectivity index (χ3n) is 7.21. The molecule has 0 radical (unpaired) electrons. The quantitative estimate of drug-likeness (QED) is 0.572. The highest BCUT2D eigenvalue weighted by molar-refractivity contribution is 5.80. The van der Waals surface area contributed by atoms with Crippen molar-refractivity contribution < 1.29 is 4.79 Å². The normalized spacial score (nSPS) is 18.5. The first-order chi connectivity index (χ1) is 17.1. The fourth-order valence-corrected chi connectivity index (χ4v) is 5.23. The van der Waals surface area contributed by atoms with E-state index in [0.29, 0.717) is 13.1 Å². The first-order valence-electron chi connectivity index (χ1n) is 12.5. The summed E-state index contributed by atoms with van der Waals surface area (Å²) in [4.78, 5) is 32.6. The third kappa shape index (κ3) is 5.24. The summed E-state index contributed by atoms with van der Waals surface area (Å²) in [6, 6.07) is 20.0. The summed E-state index contributed by atoms with van der Waals surface area (Å²) in [7, 11) is 0. The van der Waals surface area contributed by atoms with E-state index in [-0.39, 0.29) is 17.4 Å². The SMILES string of the molecule is Cc1ccccc1N1CCN(C(=O)[C@@H]2CCCN(c3cnn(Cc4ccccc4)c(=O)c3)C2)CC1. The lowest BCUT2D eigenvalue weighted by Crippen LogP contribution is -2.52. The fourth-order valence-electron chi connectivity index (χ4n) is 5.23. The van der Waals surface area contributed by atoms with Crippen molar-refractivity contribution in [3.63, 3.8) is 0 Å². The molecule has 3 heterocycles. The summed E-state index contributed by atoms with van der Waals surface area (Å²) >= 11 is 0. The molecule has 1 amide bonds. The second-order valence-corrected chi connectivity index (χ2v) is 9.58. The molecule has 2 aliphatic heterocycles. The zero-order valence-electron chi connectivity index (χ0n) is 20.3. The molecule has 1 aromatic heterocycles. The van der Waals surface area contributed by atoms with Crippen molar-refractivity contribution in [2.24, 2.45) is 5.92 Å². The van der Waals surface area contributed by atoms with Crippen molar-refractivity contribution in [2.45, 2.75) is 26.3 Å². The molecule has 5 rings (SSSR count). The summed E-state index contributed by atoms with van der Waals surface area (Å²) < 4.78 is 1.49. The van der Waals surface area contributed by atoms with E-state index < -0.39 is 0 Å². The van der Waals surface area contributed by atoms with Gasteiger partial charge in [-0.3, -0.25) is 9.59 Å². The number of aromatic nitrogens is 2. The van der Waals surface area contributed by atoms with E-state index in [1.807, 2.05) is 35.2 Å². The maximum absolute atomic E-state index is 13.4. The molecule has 0 bridgehead atoms. The predicted molar refractivity (Wildman–Crippen MR) is 139 cm³/mol. The molecule has 1 atom stereocenters. The number of piperidine rings is 1. The average molecular weight is 472 g/mol. The summed E-state index contributed by atoms with van der Waals surface area (Å²) in [6.45, 7) is 7.29. The van der Waals surface area contributed by atoms with Gasteiger partial charge in [0, 0.05) is 51.0 Å². The van der Waals surface area contributed by atoms with Crippen LogP contribution in [0.2, 0.25) is 0 Å². The largest absolute Gasteiger partial charge is 0.369 e. The van der Waals surface area contributed by atoms with E-state index in [4.69, 9.17) is 0 Å². The molecule has 0 unspecified atom stereocenters. The van der Waals surface area contributed by atoms with Gasteiger partial charge >= 0.3 is 0 Å². The number of amides is 1. The van der Waals surface area contributed by atoms with Gasteiger partial charge in [0.2, 0.25) is 5.91 Å². The summed E-state index contributed by atoms with van der Waals surface area (Å²) in [5, 5.41) is 4.41. The van der Waals surface area contributed by atoms with Gasteiger partial charge in [0.25, 0.3) is 5.56 Å². The average Bonchev–Trinajstić information content (AvgIpc) is 2.90. The van der Waals surface area contributed by atoms with E-state index in [2.05, 4.69) is 46.1 Å². The van der Waals surface area contributed by atoms with Crippen LogP contribution in [-0.4, -0.2) is 59.9 Å². The zero-order chi connectivity index (χ0) is 24.2. The van der Waals surface area contributed by atoms with Crippen molar-refractivity contribution in [3.8, 4) is 0 Å². The number of piperazine rings is 1. The highest BCUT2D eigenvalue weighted by Gasteiger charge is 2.31. The Morgan fingerprint density at radius 3 is 2.43 bits per heavy atom. The van der Waals surface area contributed by atoms with Gasteiger partial charge in [0.1, 0.15) is 0 Å². The van der Waals surface area contributed by atoms with Crippen molar-refractivity contribution in [2.75, 3.05) is 49.1 Å². The Kier molecular flexibility index (Phi) is 6.84. The van der Waals surface area contributed by atoms with Crippen LogP contribution in [0.4, 0.5) is 11.4 Å². The van der Waals surface area contributed by atoms with E-state index in [0.717, 1.165) is 56.8 Å². The molecule has 7 heteroatoms. The van der Waals surface area contributed by atoms with Gasteiger partial charge in [0.05, 0.1) is 24.3 Å². The van der Waals surface area contributed by atoms with Crippen LogP contribution in [0.25, 0.3) is 0 Å². The Bertz CT molecular complexity index is 1220. The monoisotopic (exact) mass is 471 g/mol. The molecule has 35 heavy (non-hydrogen) atoms. The van der Waals surface area contributed by atoms with Crippen LogP contribution in [0.1, 0.15) is 24.0 Å². The van der Waals surface area contributed by atoms with E-state index in [9.17, 15) is 9.59 Å². The lowest BCUT2D eigenvalue weighted by atomic mass is 9.95. The topological polar surface area (TPSA) is 61.7 Å². The Morgan fingerprint density at radius 1 is 0.943 bits per heavy atom. The van der Waals surface area contributed by atoms with Crippen LogP contribution in [0.15, 0.2) is 71.7 Å². The molecule has 2 aliphatic rings. The zero-order valence-corrected chi connectivity index (χ0v) is 20.3. The second kappa shape index (κ2) is 10.3. The molecule has 0 spiro atoms.